The van der Waals surface area contributed by atoms with Gasteiger partial charge in [0.25, 0.3) is 0 Å². The maximum absolute atomic E-state index is 12.9. The highest BCUT2D eigenvalue weighted by molar-refractivity contribution is 9.10. The minimum absolute atomic E-state index is 0.126. The Kier molecular flexibility index (Phi) is 4.72. The summed E-state index contributed by atoms with van der Waals surface area (Å²) in [4.78, 5) is 0. The number of ether oxygens (including phenoxy) is 1. The average Bonchev–Trinajstić information content (AvgIpc) is 2.12. The molecule has 0 radical (unpaired) electrons. The average molecular weight is 300 g/mol. The topological polar surface area (TPSA) is 9.23 Å². The predicted molar refractivity (Wildman–Crippen MR) is 59.4 cm³/mol. The Hall–Kier alpha value is -0.250. The first kappa shape index (κ1) is 11.8. The van der Waals surface area contributed by atoms with E-state index in [4.69, 9.17) is 27.9 Å². The van der Waals surface area contributed by atoms with Gasteiger partial charge in [0.05, 0.1) is 5.03 Å². The highest BCUT2D eigenvalue weighted by atomic mass is 79.9. The smallest absolute Gasteiger partial charge is 0.128 e. The molecule has 0 heterocycles. The minimum Gasteiger partial charge on any atom is -0.488 e. The summed E-state index contributed by atoms with van der Waals surface area (Å²) in [6, 6.07) is 4.25. The maximum atomic E-state index is 12.9. The van der Waals surface area contributed by atoms with E-state index in [2.05, 4.69) is 15.9 Å². The third-order valence-electron chi connectivity index (χ3n) is 1.33. The van der Waals surface area contributed by atoms with Gasteiger partial charge in [-0.3, -0.25) is 0 Å². The molecule has 1 rings (SSSR count). The summed E-state index contributed by atoms with van der Waals surface area (Å²) >= 11 is 14.1. The summed E-state index contributed by atoms with van der Waals surface area (Å²) in [5.41, 5.74) is 1.20. The van der Waals surface area contributed by atoms with E-state index in [1.54, 1.807) is 6.07 Å². The molecule has 0 aliphatic rings. The molecule has 1 aromatic rings. The van der Waals surface area contributed by atoms with Crippen LogP contribution in [0.2, 0.25) is 0 Å². The van der Waals surface area contributed by atoms with Gasteiger partial charge in [0.1, 0.15) is 18.2 Å². The molecule has 0 amide bonds. The van der Waals surface area contributed by atoms with Gasteiger partial charge in [0, 0.05) is 16.1 Å². The van der Waals surface area contributed by atoms with Gasteiger partial charge in [0.15, 0.2) is 0 Å². The van der Waals surface area contributed by atoms with Crippen molar-refractivity contribution >= 4 is 39.1 Å². The molecule has 1 aromatic carbocycles. The molecule has 0 unspecified atom stereocenters. The van der Waals surface area contributed by atoms with Crippen molar-refractivity contribution in [3.05, 3.63) is 39.1 Å². The molecule has 0 atom stereocenters. The van der Waals surface area contributed by atoms with E-state index >= 15 is 0 Å². The Bertz CT molecular complexity index is 334. The number of hydrogen-bond acceptors (Lipinski definition) is 1. The van der Waals surface area contributed by atoms with Gasteiger partial charge in [-0.15, -0.1) is 0 Å². The second-order valence-corrected chi connectivity index (χ2v) is 4.07. The molecule has 0 fully saturated rings. The fraction of sp³-hybridized carbons (Fsp3) is 0.111. The Morgan fingerprint density at radius 3 is 2.79 bits per heavy atom. The molecular weight excluding hydrogens is 294 g/mol. The second-order valence-electron chi connectivity index (χ2n) is 2.45. The van der Waals surface area contributed by atoms with E-state index in [1.165, 1.54) is 17.7 Å². The van der Waals surface area contributed by atoms with Crippen LogP contribution in [0.3, 0.4) is 0 Å². The fourth-order valence-corrected chi connectivity index (χ4v) is 1.36. The number of hydrogen-bond donors (Lipinski definition) is 0. The molecule has 76 valence electrons. The molecule has 0 saturated heterocycles. The summed E-state index contributed by atoms with van der Waals surface area (Å²) in [5, 5.41) is 0.354. The molecule has 5 heteroatoms. The van der Waals surface area contributed by atoms with Gasteiger partial charge in [0.2, 0.25) is 0 Å². The zero-order valence-electron chi connectivity index (χ0n) is 6.94. The van der Waals surface area contributed by atoms with E-state index in [0.29, 0.717) is 15.3 Å². The SMILES string of the molecule is Fc1cc(Br)cc(OC/C(Cl)=C/Cl)c1. The summed E-state index contributed by atoms with van der Waals surface area (Å²) < 4.78 is 18.6. The standard InChI is InChI=1S/C9H6BrCl2FO/c10-6-1-8(13)3-9(2-6)14-5-7(12)4-11/h1-4H,5H2/b7-4-. The number of halogens is 4. The van der Waals surface area contributed by atoms with Crippen molar-refractivity contribution in [3.8, 4) is 5.75 Å². The molecule has 0 N–H and O–H groups in total. The van der Waals surface area contributed by atoms with Gasteiger partial charge in [-0.25, -0.2) is 4.39 Å². The van der Waals surface area contributed by atoms with Crippen LogP contribution in [-0.2, 0) is 0 Å². The monoisotopic (exact) mass is 298 g/mol. The maximum Gasteiger partial charge on any atom is 0.128 e. The van der Waals surface area contributed by atoms with Crippen molar-refractivity contribution in [1.82, 2.24) is 0 Å². The third kappa shape index (κ3) is 3.86. The normalized spacial score (nSPS) is 11.6. The quantitative estimate of drug-likeness (QED) is 0.809. The molecule has 0 bridgehead atoms. The Morgan fingerprint density at radius 1 is 1.50 bits per heavy atom. The molecular formula is C9H6BrCl2FO. The first-order valence-corrected chi connectivity index (χ1v) is 5.26. The summed E-state index contributed by atoms with van der Waals surface area (Å²) in [6.07, 6.45) is 0. The lowest BCUT2D eigenvalue weighted by molar-refractivity contribution is 0.357. The van der Waals surface area contributed by atoms with Crippen molar-refractivity contribution in [3.63, 3.8) is 0 Å². The first-order chi connectivity index (χ1) is 6.61. The van der Waals surface area contributed by atoms with Crippen LogP contribution in [0.1, 0.15) is 0 Å². The van der Waals surface area contributed by atoms with Crippen LogP contribution in [0.4, 0.5) is 4.39 Å². The summed E-state index contributed by atoms with van der Waals surface area (Å²) in [5.74, 6) is 0.0221. The van der Waals surface area contributed by atoms with E-state index in [-0.39, 0.29) is 12.4 Å². The van der Waals surface area contributed by atoms with E-state index in [9.17, 15) is 4.39 Å². The fourth-order valence-electron chi connectivity index (χ4n) is 0.796. The van der Waals surface area contributed by atoms with Crippen LogP contribution in [-0.4, -0.2) is 6.61 Å². The highest BCUT2D eigenvalue weighted by Crippen LogP contribution is 2.21. The second kappa shape index (κ2) is 5.59. The third-order valence-corrected chi connectivity index (χ3v) is 2.38. The molecule has 14 heavy (non-hydrogen) atoms. The van der Waals surface area contributed by atoms with Crippen LogP contribution in [0.15, 0.2) is 33.2 Å². The zero-order valence-corrected chi connectivity index (χ0v) is 10.0. The molecule has 0 aliphatic heterocycles. The lowest BCUT2D eigenvalue weighted by Crippen LogP contribution is -1.97. The predicted octanol–water partition coefficient (Wildman–Crippen LogP) is 4.29. The van der Waals surface area contributed by atoms with Gasteiger partial charge < -0.3 is 4.74 Å². The van der Waals surface area contributed by atoms with Crippen molar-refractivity contribution < 1.29 is 9.13 Å². The van der Waals surface area contributed by atoms with Crippen molar-refractivity contribution in [2.75, 3.05) is 6.61 Å². The van der Waals surface area contributed by atoms with Crippen LogP contribution < -0.4 is 4.74 Å². The number of benzene rings is 1. The van der Waals surface area contributed by atoms with Gasteiger partial charge in [-0.2, -0.15) is 0 Å². The Balaban J connectivity index is 2.67. The summed E-state index contributed by atoms with van der Waals surface area (Å²) in [6.45, 7) is 0.126. The lowest BCUT2D eigenvalue weighted by atomic mass is 10.3. The molecule has 0 spiro atoms. The van der Waals surface area contributed by atoms with Crippen molar-refractivity contribution in [1.29, 1.82) is 0 Å². The van der Waals surface area contributed by atoms with E-state index < -0.39 is 0 Å². The Labute approximate surface area is 99.6 Å². The van der Waals surface area contributed by atoms with E-state index in [0.717, 1.165) is 0 Å². The minimum atomic E-state index is -0.375. The summed E-state index contributed by atoms with van der Waals surface area (Å²) in [7, 11) is 0. The van der Waals surface area contributed by atoms with Gasteiger partial charge in [-0.05, 0) is 12.1 Å². The van der Waals surface area contributed by atoms with E-state index in [1.807, 2.05) is 0 Å². The van der Waals surface area contributed by atoms with Crippen molar-refractivity contribution in [2.24, 2.45) is 0 Å². The molecule has 0 aliphatic carbocycles. The van der Waals surface area contributed by atoms with Crippen LogP contribution in [0.25, 0.3) is 0 Å². The zero-order chi connectivity index (χ0) is 10.6. The number of rotatable bonds is 3. The molecule has 0 saturated carbocycles. The van der Waals surface area contributed by atoms with Gasteiger partial charge >= 0.3 is 0 Å². The van der Waals surface area contributed by atoms with Crippen molar-refractivity contribution in [2.45, 2.75) is 0 Å². The van der Waals surface area contributed by atoms with Gasteiger partial charge in [-0.1, -0.05) is 39.1 Å². The Morgan fingerprint density at radius 2 is 2.21 bits per heavy atom. The highest BCUT2D eigenvalue weighted by Gasteiger charge is 2.00. The molecule has 0 aromatic heterocycles. The van der Waals surface area contributed by atoms with Crippen LogP contribution in [0.5, 0.6) is 5.75 Å². The first-order valence-electron chi connectivity index (χ1n) is 3.65. The largest absolute Gasteiger partial charge is 0.488 e. The van der Waals surface area contributed by atoms with Crippen LogP contribution >= 0.6 is 39.1 Å². The molecule has 1 nitrogen and oxygen atoms in total. The lowest BCUT2D eigenvalue weighted by Gasteiger charge is -2.05. The van der Waals surface area contributed by atoms with Crippen LogP contribution in [0, 0.1) is 5.82 Å².